The normalized spacial score (nSPS) is 11.4. The van der Waals surface area contributed by atoms with Gasteiger partial charge in [-0.15, -0.1) is 0 Å². The Hall–Kier alpha value is -1.91. The lowest BCUT2D eigenvalue weighted by Crippen LogP contribution is -2.09. The third-order valence-corrected chi connectivity index (χ3v) is 4.37. The van der Waals surface area contributed by atoms with Crippen LogP contribution < -0.4 is 0 Å². The molecule has 24 heavy (non-hydrogen) atoms. The van der Waals surface area contributed by atoms with Gasteiger partial charge in [-0.05, 0) is 36.2 Å². The lowest BCUT2D eigenvalue weighted by molar-refractivity contribution is -0.118. The minimum atomic E-state index is 0.120. The first-order valence-corrected chi connectivity index (χ1v) is 8.23. The average Bonchev–Trinajstić information content (AvgIpc) is 2.56. The lowest BCUT2D eigenvalue weighted by Gasteiger charge is -2.08. The van der Waals surface area contributed by atoms with Crippen LogP contribution >= 0.6 is 23.2 Å². The standard InChI is InChI=1S/C18H18Cl2N2O2/c1-12-7-8-21-11-14(12)9-15(23)4-6-18(22-24-2)13-3-5-16(19)17(20)10-13/h3,5,7-8,10-11H,4,6,9H2,1-2H3/b22-18+. The number of carbonyl (C=O) groups excluding carboxylic acids is 1. The monoisotopic (exact) mass is 364 g/mol. The Balaban J connectivity index is 2.04. The smallest absolute Gasteiger partial charge is 0.137 e. The first-order valence-electron chi connectivity index (χ1n) is 7.48. The van der Waals surface area contributed by atoms with E-state index >= 15 is 0 Å². The Morgan fingerprint density at radius 1 is 1.21 bits per heavy atom. The quantitative estimate of drug-likeness (QED) is 0.531. The SMILES string of the molecule is CO/N=C(\CCC(=O)Cc1cnccc1C)c1ccc(Cl)c(Cl)c1. The first kappa shape index (κ1) is 18.4. The van der Waals surface area contributed by atoms with Crippen molar-refractivity contribution in [2.75, 3.05) is 7.11 Å². The number of hydrogen-bond donors (Lipinski definition) is 0. The molecule has 1 aromatic heterocycles. The second-order valence-electron chi connectivity index (χ2n) is 5.37. The molecule has 0 saturated carbocycles. The molecule has 4 nitrogen and oxygen atoms in total. The van der Waals surface area contributed by atoms with Crippen LogP contribution in [0.25, 0.3) is 0 Å². The van der Waals surface area contributed by atoms with Gasteiger partial charge in [-0.25, -0.2) is 0 Å². The molecular weight excluding hydrogens is 347 g/mol. The van der Waals surface area contributed by atoms with Crippen molar-refractivity contribution in [1.29, 1.82) is 0 Å². The number of pyridine rings is 1. The van der Waals surface area contributed by atoms with Gasteiger partial charge in [0.25, 0.3) is 0 Å². The lowest BCUT2D eigenvalue weighted by atomic mass is 10.00. The van der Waals surface area contributed by atoms with Crippen molar-refractivity contribution in [1.82, 2.24) is 4.98 Å². The topological polar surface area (TPSA) is 51.5 Å². The summed E-state index contributed by atoms with van der Waals surface area (Å²) in [4.78, 5) is 21.2. The molecule has 0 aliphatic carbocycles. The molecule has 0 aliphatic rings. The molecule has 1 heterocycles. The van der Waals surface area contributed by atoms with Gasteiger partial charge in [-0.2, -0.15) is 0 Å². The highest BCUT2D eigenvalue weighted by Gasteiger charge is 2.12. The molecule has 0 radical (unpaired) electrons. The Morgan fingerprint density at radius 3 is 2.67 bits per heavy atom. The summed E-state index contributed by atoms with van der Waals surface area (Å²) in [5.41, 5.74) is 3.46. The highest BCUT2D eigenvalue weighted by Crippen LogP contribution is 2.24. The Kier molecular flexibility index (Phi) is 6.76. The van der Waals surface area contributed by atoms with Gasteiger partial charge >= 0.3 is 0 Å². The van der Waals surface area contributed by atoms with Gasteiger partial charge in [-0.1, -0.05) is 34.4 Å². The highest BCUT2D eigenvalue weighted by atomic mass is 35.5. The largest absolute Gasteiger partial charge is 0.399 e. The van der Waals surface area contributed by atoms with Crippen LogP contribution in [0.15, 0.2) is 41.8 Å². The second-order valence-corrected chi connectivity index (χ2v) is 6.18. The summed E-state index contributed by atoms with van der Waals surface area (Å²) < 4.78 is 0. The van der Waals surface area contributed by atoms with Crippen LogP contribution in [0, 0.1) is 6.92 Å². The van der Waals surface area contributed by atoms with E-state index in [1.807, 2.05) is 19.1 Å². The van der Waals surface area contributed by atoms with E-state index in [1.165, 1.54) is 7.11 Å². The van der Waals surface area contributed by atoms with Crippen molar-refractivity contribution in [2.24, 2.45) is 5.16 Å². The van der Waals surface area contributed by atoms with E-state index in [-0.39, 0.29) is 5.78 Å². The highest BCUT2D eigenvalue weighted by molar-refractivity contribution is 6.42. The molecule has 126 valence electrons. The Labute approximate surface area is 151 Å². The van der Waals surface area contributed by atoms with E-state index in [4.69, 9.17) is 28.0 Å². The molecule has 0 fully saturated rings. The number of oxime groups is 1. The molecule has 1 aromatic carbocycles. The molecule has 0 unspecified atom stereocenters. The molecular formula is C18H18Cl2N2O2. The van der Waals surface area contributed by atoms with Crippen molar-refractivity contribution in [3.05, 3.63) is 63.4 Å². The number of aryl methyl sites for hydroxylation is 1. The summed E-state index contributed by atoms with van der Waals surface area (Å²) in [7, 11) is 1.47. The van der Waals surface area contributed by atoms with E-state index in [0.717, 1.165) is 16.7 Å². The minimum Gasteiger partial charge on any atom is -0.399 e. The van der Waals surface area contributed by atoms with E-state index in [9.17, 15) is 4.79 Å². The van der Waals surface area contributed by atoms with Crippen LogP contribution in [0.3, 0.4) is 0 Å². The van der Waals surface area contributed by atoms with Gasteiger partial charge in [0.1, 0.15) is 12.9 Å². The summed E-state index contributed by atoms with van der Waals surface area (Å²) in [6.07, 6.45) is 4.63. The van der Waals surface area contributed by atoms with Crippen molar-refractivity contribution < 1.29 is 9.63 Å². The molecule has 0 N–H and O–H groups in total. The molecule has 0 aliphatic heterocycles. The van der Waals surface area contributed by atoms with Gasteiger partial charge in [-0.3, -0.25) is 9.78 Å². The van der Waals surface area contributed by atoms with Crippen molar-refractivity contribution in [3.8, 4) is 0 Å². The fourth-order valence-corrected chi connectivity index (χ4v) is 2.57. The summed E-state index contributed by atoms with van der Waals surface area (Å²) in [5, 5.41) is 4.92. The molecule has 0 spiro atoms. The van der Waals surface area contributed by atoms with Gasteiger partial charge in [0.15, 0.2) is 0 Å². The minimum absolute atomic E-state index is 0.120. The molecule has 0 bridgehead atoms. The average molecular weight is 365 g/mol. The number of hydrogen-bond acceptors (Lipinski definition) is 4. The number of Topliss-reactive ketones (excluding diaryl/α,β-unsaturated/α-hetero) is 1. The van der Waals surface area contributed by atoms with Crippen LogP contribution in [0.1, 0.15) is 29.5 Å². The maximum atomic E-state index is 12.3. The van der Waals surface area contributed by atoms with E-state index in [1.54, 1.807) is 24.5 Å². The van der Waals surface area contributed by atoms with Crippen LogP contribution in [0.5, 0.6) is 0 Å². The summed E-state index contributed by atoms with van der Waals surface area (Å²) >= 11 is 12.0. The predicted octanol–water partition coefficient (Wildman–Crippen LogP) is 4.64. The fraction of sp³-hybridized carbons (Fsp3) is 0.278. The van der Waals surface area contributed by atoms with Gasteiger partial charge in [0.05, 0.1) is 15.8 Å². The van der Waals surface area contributed by atoms with Crippen LogP contribution in [0.4, 0.5) is 0 Å². The molecule has 0 atom stereocenters. The zero-order valence-electron chi connectivity index (χ0n) is 13.6. The molecule has 2 aromatic rings. The van der Waals surface area contributed by atoms with Crippen molar-refractivity contribution in [3.63, 3.8) is 0 Å². The van der Waals surface area contributed by atoms with Gasteiger partial charge in [0.2, 0.25) is 0 Å². The third-order valence-electron chi connectivity index (χ3n) is 3.63. The predicted molar refractivity (Wildman–Crippen MR) is 96.9 cm³/mol. The number of halogens is 2. The van der Waals surface area contributed by atoms with Crippen molar-refractivity contribution in [2.45, 2.75) is 26.2 Å². The Morgan fingerprint density at radius 2 is 2.00 bits per heavy atom. The van der Waals surface area contributed by atoms with Gasteiger partial charge in [0, 0.05) is 37.2 Å². The number of ketones is 1. The summed E-state index contributed by atoms with van der Waals surface area (Å²) in [6.45, 7) is 1.97. The Bertz CT molecular complexity index is 760. The molecule has 6 heteroatoms. The van der Waals surface area contributed by atoms with Crippen LogP contribution in [0.2, 0.25) is 10.0 Å². The number of rotatable bonds is 7. The van der Waals surface area contributed by atoms with Crippen LogP contribution in [-0.4, -0.2) is 23.6 Å². The number of nitrogens with zero attached hydrogens (tertiary/aromatic N) is 2. The van der Waals surface area contributed by atoms with E-state index in [0.29, 0.717) is 35.0 Å². The first-order chi connectivity index (χ1) is 11.5. The zero-order valence-corrected chi connectivity index (χ0v) is 15.1. The van der Waals surface area contributed by atoms with E-state index in [2.05, 4.69) is 10.1 Å². The van der Waals surface area contributed by atoms with Crippen LogP contribution in [-0.2, 0) is 16.1 Å². The maximum Gasteiger partial charge on any atom is 0.137 e. The summed E-state index contributed by atoms with van der Waals surface area (Å²) in [5.74, 6) is 0.120. The van der Waals surface area contributed by atoms with E-state index < -0.39 is 0 Å². The zero-order chi connectivity index (χ0) is 17.5. The number of carbonyl (C=O) groups is 1. The molecule has 2 rings (SSSR count). The van der Waals surface area contributed by atoms with Crippen molar-refractivity contribution >= 4 is 34.7 Å². The number of aromatic nitrogens is 1. The maximum absolute atomic E-state index is 12.3. The number of benzene rings is 1. The molecule has 0 amide bonds. The third kappa shape index (κ3) is 5.05. The van der Waals surface area contributed by atoms with Gasteiger partial charge < -0.3 is 4.84 Å². The molecule has 0 saturated heterocycles. The second kappa shape index (κ2) is 8.81. The fourth-order valence-electron chi connectivity index (χ4n) is 2.27. The summed E-state index contributed by atoms with van der Waals surface area (Å²) in [6, 6.07) is 7.13.